The molecule has 43 heavy (non-hydrogen) atoms. The van der Waals surface area contributed by atoms with Gasteiger partial charge in [0, 0.05) is 23.8 Å². The third kappa shape index (κ3) is 7.58. The molecule has 0 amide bonds. The molecule has 5 rings (SSSR count). The predicted molar refractivity (Wildman–Crippen MR) is 170 cm³/mol. The average Bonchev–Trinajstić information content (AvgIpc) is 3.42. The maximum absolute atomic E-state index is 11.7. The molecule has 1 atom stereocenters. The van der Waals surface area contributed by atoms with E-state index < -0.39 is 6.10 Å². The van der Waals surface area contributed by atoms with Gasteiger partial charge in [-0.1, -0.05) is 60.7 Å². The van der Waals surface area contributed by atoms with E-state index in [1.807, 2.05) is 100 Å². The second kappa shape index (κ2) is 13.8. The highest BCUT2D eigenvalue weighted by atomic mass is 32.1. The third-order valence-electron chi connectivity index (χ3n) is 6.49. The van der Waals surface area contributed by atoms with Crippen LogP contribution in [0.5, 0.6) is 28.7 Å². The van der Waals surface area contributed by atoms with Gasteiger partial charge in [-0.05, 0) is 44.9 Å². The van der Waals surface area contributed by atoms with Crippen molar-refractivity contribution in [3.05, 3.63) is 107 Å². The van der Waals surface area contributed by atoms with Gasteiger partial charge in [0.05, 0.1) is 29.5 Å². The van der Waals surface area contributed by atoms with Gasteiger partial charge in [0.15, 0.2) is 23.0 Å². The molecule has 1 aromatic heterocycles. The molecule has 0 saturated heterocycles. The van der Waals surface area contributed by atoms with Gasteiger partial charge in [-0.3, -0.25) is 0 Å². The molecule has 0 fully saturated rings. The lowest BCUT2D eigenvalue weighted by Crippen LogP contribution is -2.12. The smallest absolute Gasteiger partial charge is 0.164 e. The summed E-state index contributed by atoms with van der Waals surface area (Å²) in [6.45, 7) is 8.53. The molecule has 4 aromatic carbocycles. The first-order chi connectivity index (χ1) is 20.8. The number of fused-ring (bicyclic) bond motifs is 1. The number of aliphatic hydroxyl groups excluding tert-OH is 1. The second-order valence-corrected chi connectivity index (χ2v) is 11.7. The topological polar surface area (TPSA) is 79.3 Å². The van der Waals surface area contributed by atoms with Gasteiger partial charge >= 0.3 is 0 Å². The number of nitrogens with zero attached hydrogens (tertiary/aromatic N) is 1. The van der Waals surface area contributed by atoms with E-state index in [4.69, 9.17) is 28.7 Å². The van der Waals surface area contributed by atoms with E-state index in [-0.39, 0.29) is 12.2 Å². The Morgan fingerprint density at radius 3 is 1.79 bits per heavy atom. The molecule has 7 nitrogen and oxygen atoms in total. The molecular formula is C35H37NO6S. The van der Waals surface area contributed by atoms with Crippen molar-refractivity contribution in [2.24, 2.45) is 0 Å². The van der Waals surface area contributed by atoms with Crippen molar-refractivity contribution in [2.45, 2.75) is 59.2 Å². The highest BCUT2D eigenvalue weighted by Gasteiger charge is 2.25. The Hall–Kier alpha value is -4.27. The van der Waals surface area contributed by atoms with Crippen LogP contribution in [0.25, 0.3) is 10.2 Å². The zero-order chi connectivity index (χ0) is 30.3. The second-order valence-electron chi connectivity index (χ2n) is 10.6. The highest BCUT2D eigenvalue weighted by molar-refractivity contribution is 7.18. The molecule has 0 saturated carbocycles. The Kier molecular flexibility index (Phi) is 9.69. The minimum atomic E-state index is -1.06. The number of aromatic nitrogens is 1. The standard InChI is InChI=1S/C35H37NO6S/c1-22(2)41-28-18-29(38-5)32(42-23(3)4)16-26(28)34(37)35-36-27-17-30(39-20-24-12-8-6-9-13-24)31(19-33(27)43-35)40-21-25-14-10-7-11-15-25/h6-19,22-23,34,37H,20-21H2,1-5H3. The normalized spacial score (nSPS) is 12.0. The van der Waals surface area contributed by atoms with E-state index in [0.717, 1.165) is 15.8 Å². The van der Waals surface area contributed by atoms with Crippen LogP contribution >= 0.6 is 11.3 Å². The van der Waals surface area contributed by atoms with Crippen molar-refractivity contribution < 1.29 is 28.8 Å². The Bertz CT molecular complexity index is 1550. The van der Waals surface area contributed by atoms with Crippen molar-refractivity contribution in [1.29, 1.82) is 0 Å². The van der Waals surface area contributed by atoms with Gasteiger partial charge in [-0.25, -0.2) is 4.98 Å². The summed E-state index contributed by atoms with van der Waals surface area (Å²) >= 11 is 1.39. The first kappa shape index (κ1) is 30.2. The molecule has 1 unspecified atom stereocenters. The Labute approximate surface area is 256 Å². The minimum absolute atomic E-state index is 0.0816. The molecule has 0 spiro atoms. The van der Waals surface area contributed by atoms with Crippen LogP contribution in [0.1, 0.15) is 55.5 Å². The zero-order valence-electron chi connectivity index (χ0n) is 25.1. The Morgan fingerprint density at radius 1 is 0.674 bits per heavy atom. The first-order valence-electron chi connectivity index (χ1n) is 14.3. The minimum Gasteiger partial charge on any atom is -0.493 e. The number of ether oxygens (including phenoxy) is 5. The largest absolute Gasteiger partial charge is 0.493 e. The van der Waals surface area contributed by atoms with Gasteiger partial charge < -0.3 is 28.8 Å². The molecule has 0 aliphatic heterocycles. The summed E-state index contributed by atoms with van der Waals surface area (Å²) in [5, 5.41) is 12.2. The van der Waals surface area contributed by atoms with Crippen molar-refractivity contribution >= 4 is 21.6 Å². The van der Waals surface area contributed by atoms with Gasteiger partial charge in [-0.2, -0.15) is 0 Å². The average molecular weight is 600 g/mol. The van der Waals surface area contributed by atoms with E-state index >= 15 is 0 Å². The maximum atomic E-state index is 11.7. The van der Waals surface area contributed by atoms with Crippen LogP contribution in [0.3, 0.4) is 0 Å². The fraction of sp³-hybridized carbons (Fsp3) is 0.286. The number of methoxy groups -OCH3 is 1. The number of benzene rings is 4. The van der Waals surface area contributed by atoms with Crippen LogP contribution in [-0.2, 0) is 13.2 Å². The quantitative estimate of drug-likeness (QED) is 0.146. The van der Waals surface area contributed by atoms with Crippen molar-refractivity contribution in [2.75, 3.05) is 7.11 Å². The molecule has 0 aliphatic rings. The molecule has 1 N–H and O–H groups in total. The van der Waals surface area contributed by atoms with Crippen LogP contribution < -0.4 is 23.7 Å². The summed E-state index contributed by atoms with van der Waals surface area (Å²) in [5.74, 6) is 2.76. The van der Waals surface area contributed by atoms with Gasteiger partial charge in [0.25, 0.3) is 0 Å². The van der Waals surface area contributed by atoms with Gasteiger partial charge in [0.2, 0.25) is 0 Å². The van der Waals surface area contributed by atoms with Crippen molar-refractivity contribution in [1.82, 2.24) is 4.98 Å². The van der Waals surface area contributed by atoms with E-state index in [9.17, 15) is 5.11 Å². The Morgan fingerprint density at radius 2 is 1.23 bits per heavy atom. The summed E-state index contributed by atoms with van der Waals surface area (Å²) in [4.78, 5) is 4.82. The molecule has 8 heteroatoms. The molecule has 0 radical (unpaired) electrons. The molecule has 224 valence electrons. The molecule has 0 bridgehead atoms. The molecule has 1 heterocycles. The van der Waals surface area contributed by atoms with Crippen LogP contribution in [-0.4, -0.2) is 29.4 Å². The molecule has 0 aliphatic carbocycles. The van der Waals surface area contributed by atoms with Crippen LogP contribution in [0.15, 0.2) is 84.9 Å². The van der Waals surface area contributed by atoms with Crippen molar-refractivity contribution in [3.8, 4) is 28.7 Å². The predicted octanol–water partition coefficient (Wildman–Crippen LogP) is 8.12. The number of hydrogen-bond donors (Lipinski definition) is 1. The maximum Gasteiger partial charge on any atom is 0.164 e. The summed E-state index contributed by atoms with van der Waals surface area (Å²) < 4.78 is 31.0. The van der Waals surface area contributed by atoms with E-state index in [1.165, 1.54) is 11.3 Å². The Balaban J connectivity index is 1.51. The fourth-order valence-electron chi connectivity index (χ4n) is 4.53. The monoisotopic (exact) mass is 599 g/mol. The lowest BCUT2D eigenvalue weighted by atomic mass is 10.1. The summed E-state index contributed by atoms with van der Waals surface area (Å²) in [7, 11) is 1.58. The van der Waals surface area contributed by atoms with E-state index in [1.54, 1.807) is 19.2 Å². The van der Waals surface area contributed by atoms with Crippen LogP contribution in [0.2, 0.25) is 0 Å². The number of thiazole rings is 1. The van der Waals surface area contributed by atoms with Crippen molar-refractivity contribution in [3.63, 3.8) is 0 Å². The summed E-state index contributed by atoms with van der Waals surface area (Å²) in [6, 6.07) is 27.3. The highest BCUT2D eigenvalue weighted by Crippen LogP contribution is 2.43. The number of rotatable bonds is 13. The molecular weight excluding hydrogens is 562 g/mol. The van der Waals surface area contributed by atoms with Crippen LogP contribution in [0, 0.1) is 0 Å². The lowest BCUT2D eigenvalue weighted by molar-refractivity contribution is 0.192. The number of aliphatic hydroxyl groups is 1. The van der Waals surface area contributed by atoms with Gasteiger partial charge in [-0.15, -0.1) is 11.3 Å². The summed E-state index contributed by atoms with van der Waals surface area (Å²) in [6.07, 6.45) is -1.26. The third-order valence-corrected chi connectivity index (χ3v) is 7.57. The first-order valence-corrected chi connectivity index (χ1v) is 15.1. The van der Waals surface area contributed by atoms with E-state index in [2.05, 4.69) is 0 Å². The van der Waals surface area contributed by atoms with Gasteiger partial charge in [0.1, 0.15) is 30.1 Å². The number of hydrogen-bond acceptors (Lipinski definition) is 8. The zero-order valence-corrected chi connectivity index (χ0v) is 25.9. The fourth-order valence-corrected chi connectivity index (χ4v) is 5.52. The SMILES string of the molecule is COc1cc(OC(C)C)c(C(O)c2nc3cc(OCc4ccccc4)c(OCc4ccccc4)cc3s2)cc1OC(C)C. The van der Waals surface area contributed by atoms with Crippen LogP contribution in [0.4, 0.5) is 0 Å². The lowest BCUT2D eigenvalue weighted by Gasteiger charge is -2.21. The van der Waals surface area contributed by atoms with E-state index in [0.29, 0.717) is 58.0 Å². The molecule has 5 aromatic rings. The summed E-state index contributed by atoms with van der Waals surface area (Å²) in [5.41, 5.74) is 3.34.